The third-order valence-corrected chi connectivity index (χ3v) is 5.24. The highest BCUT2D eigenvalue weighted by molar-refractivity contribution is 5.10. The van der Waals surface area contributed by atoms with Crippen LogP contribution in [0.2, 0.25) is 0 Å². The standard InChI is InChI=1S/C16H26N2/c1-3-18-7-6-14(11-18)10-17-12(2)16-9-13-4-5-15(16)8-13/h6-7,11-13,15-17H,3-5,8-10H2,1-2H3. The van der Waals surface area contributed by atoms with Crippen LogP contribution in [-0.4, -0.2) is 10.6 Å². The second-order valence-corrected chi connectivity index (χ2v) is 6.36. The number of rotatable bonds is 5. The van der Waals surface area contributed by atoms with Crippen molar-refractivity contribution in [1.82, 2.24) is 9.88 Å². The van der Waals surface area contributed by atoms with Gasteiger partial charge in [0.05, 0.1) is 0 Å². The monoisotopic (exact) mass is 246 g/mol. The predicted octanol–water partition coefficient (Wildman–Crippen LogP) is 3.42. The van der Waals surface area contributed by atoms with E-state index >= 15 is 0 Å². The molecule has 1 heterocycles. The fourth-order valence-corrected chi connectivity index (χ4v) is 4.13. The zero-order valence-corrected chi connectivity index (χ0v) is 11.7. The zero-order chi connectivity index (χ0) is 12.5. The molecule has 18 heavy (non-hydrogen) atoms. The van der Waals surface area contributed by atoms with Crippen LogP contribution in [0.15, 0.2) is 18.5 Å². The molecule has 2 aliphatic rings. The third-order valence-electron chi connectivity index (χ3n) is 5.24. The Morgan fingerprint density at radius 3 is 2.89 bits per heavy atom. The van der Waals surface area contributed by atoms with Crippen molar-refractivity contribution in [3.63, 3.8) is 0 Å². The quantitative estimate of drug-likeness (QED) is 0.842. The van der Waals surface area contributed by atoms with E-state index in [9.17, 15) is 0 Å². The molecule has 2 bridgehead atoms. The van der Waals surface area contributed by atoms with Crippen molar-refractivity contribution >= 4 is 0 Å². The maximum Gasteiger partial charge on any atom is 0.0223 e. The molecule has 0 aromatic carbocycles. The number of aromatic nitrogens is 1. The summed E-state index contributed by atoms with van der Waals surface area (Å²) in [6.45, 7) is 6.68. The van der Waals surface area contributed by atoms with Crippen molar-refractivity contribution in [2.45, 2.75) is 58.7 Å². The van der Waals surface area contributed by atoms with Crippen LogP contribution in [0.4, 0.5) is 0 Å². The summed E-state index contributed by atoms with van der Waals surface area (Å²) < 4.78 is 2.25. The van der Waals surface area contributed by atoms with Gasteiger partial charge in [0.1, 0.15) is 0 Å². The first-order valence-corrected chi connectivity index (χ1v) is 7.64. The lowest BCUT2D eigenvalue weighted by atomic mass is 9.84. The van der Waals surface area contributed by atoms with E-state index in [1.807, 2.05) is 0 Å². The molecule has 2 saturated carbocycles. The molecule has 0 spiro atoms. The van der Waals surface area contributed by atoms with Crippen molar-refractivity contribution < 1.29 is 0 Å². The lowest BCUT2D eigenvalue weighted by molar-refractivity contribution is 0.259. The summed E-state index contributed by atoms with van der Waals surface area (Å²) in [5.41, 5.74) is 1.42. The highest BCUT2D eigenvalue weighted by atomic mass is 15.0. The Morgan fingerprint density at radius 2 is 2.28 bits per heavy atom. The SMILES string of the molecule is CCn1ccc(CNC(C)C2CC3CCC2C3)c1. The minimum Gasteiger partial charge on any atom is -0.354 e. The second-order valence-electron chi connectivity index (χ2n) is 6.36. The summed E-state index contributed by atoms with van der Waals surface area (Å²) in [7, 11) is 0. The molecule has 1 aromatic heterocycles. The second kappa shape index (κ2) is 5.08. The first-order valence-electron chi connectivity index (χ1n) is 7.64. The summed E-state index contributed by atoms with van der Waals surface area (Å²) >= 11 is 0. The molecular formula is C16H26N2. The Labute approximate surface area is 111 Å². The number of fused-ring (bicyclic) bond motifs is 2. The molecule has 4 atom stereocenters. The van der Waals surface area contributed by atoms with Crippen LogP contribution in [0.5, 0.6) is 0 Å². The van der Waals surface area contributed by atoms with E-state index in [0.29, 0.717) is 6.04 Å². The topological polar surface area (TPSA) is 17.0 Å². The van der Waals surface area contributed by atoms with E-state index in [1.165, 1.54) is 31.2 Å². The van der Waals surface area contributed by atoms with Gasteiger partial charge in [-0.25, -0.2) is 0 Å². The predicted molar refractivity (Wildman–Crippen MR) is 75.3 cm³/mol. The summed E-state index contributed by atoms with van der Waals surface area (Å²) in [4.78, 5) is 0. The lowest BCUT2D eigenvalue weighted by Crippen LogP contribution is -2.35. The third kappa shape index (κ3) is 2.35. The van der Waals surface area contributed by atoms with Gasteiger partial charge in [-0.2, -0.15) is 0 Å². The fraction of sp³-hybridized carbons (Fsp3) is 0.750. The molecule has 1 aromatic rings. The first kappa shape index (κ1) is 12.3. The van der Waals surface area contributed by atoms with Crippen LogP contribution in [0, 0.1) is 17.8 Å². The number of nitrogens with zero attached hydrogens (tertiary/aromatic N) is 1. The van der Waals surface area contributed by atoms with E-state index in [4.69, 9.17) is 0 Å². The Kier molecular flexibility index (Phi) is 3.47. The van der Waals surface area contributed by atoms with Gasteiger partial charge in [0.15, 0.2) is 0 Å². The van der Waals surface area contributed by atoms with Crippen LogP contribution in [0.25, 0.3) is 0 Å². The molecule has 2 fully saturated rings. The molecule has 0 amide bonds. The Morgan fingerprint density at radius 1 is 1.39 bits per heavy atom. The van der Waals surface area contributed by atoms with E-state index in [1.54, 1.807) is 0 Å². The molecule has 0 saturated heterocycles. The summed E-state index contributed by atoms with van der Waals surface area (Å²) in [6.07, 6.45) is 10.4. The van der Waals surface area contributed by atoms with Gasteiger partial charge >= 0.3 is 0 Å². The first-order chi connectivity index (χ1) is 8.76. The Hall–Kier alpha value is -0.760. The van der Waals surface area contributed by atoms with Gasteiger partial charge in [-0.1, -0.05) is 6.42 Å². The van der Waals surface area contributed by atoms with Gasteiger partial charge in [0.25, 0.3) is 0 Å². The van der Waals surface area contributed by atoms with Gasteiger partial charge < -0.3 is 9.88 Å². The van der Waals surface area contributed by atoms with Crippen molar-refractivity contribution in [3.05, 3.63) is 24.0 Å². The summed E-state index contributed by atoms with van der Waals surface area (Å²) in [5, 5.41) is 3.75. The molecule has 2 aliphatic carbocycles. The van der Waals surface area contributed by atoms with Crippen LogP contribution in [-0.2, 0) is 13.1 Å². The van der Waals surface area contributed by atoms with Gasteiger partial charge in [0.2, 0.25) is 0 Å². The minimum absolute atomic E-state index is 0.685. The van der Waals surface area contributed by atoms with Crippen LogP contribution >= 0.6 is 0 Å². The molecule has 100 valence electrons. The molecule has 3 rings (SSSR count). The average molecular weight is 246 g/mol. The van der Waals surface area contributed by atoms with Crippen molar-refractivity contribution in [2.75, 3.05) is 0 Å². The Bertz CT molecular complexity index is 396. The van der Waals surface area contributed by atoms with Crippen LogP contribution in [0.3, 0.4) is 0 Å². The summed E-state index contributed by atoms with van der Waals surface area (Å²) in [5.74, 6) is 3.03. The van der Waals surface area contributed by atoms with Gasteiger partial charge in [0, 0.05) is 31.5 Å². The summed E-state index contributed by atoms with van der Waals surface area (Å²) in [6, 6.07) is 2.93. The highest BCUT2D eigenvalue weighted by Gasteiger charge is 2.41. The van der Waals surface area contributed by atoms with E-state index < -0.39 is 0 Å². The number of hydrogen-bond acceptors (Lipinski definition) is 1. The molecule has 1 N–H and O–H groups in total. The maximum absolute atomic E-state index is 3.75. The maximum atomic E-state index is 3.75. The van der Waals surface area contributed by atoms with Crippen LogP contribution < -0.4 is 5.32 Å². The van der Waals surface area contributed by atoms with E-state index in [-0.39, 0.29) is 0 Å². The smallest absolute Gasteiger partial charge is 0.0223 e. The Balaban J connectivity index is 1.50. The molecule has 2 nitrogen and oxygen atoms in total. The molecule has 4 unspecified atom stereocenters. The van der Waals surface area contributed by atoms with Gasteiger partial charge in [-0.15, -0.1) is 0 Å². The number of hydrogen-bond donors (Lipinski definition) is 1. The molecule has 2 heteroatoms. The zero-order valence-electron chi connectivity index (χ0n) is 11.7. The molecule has 0 radical (unpaired) electrons. The van der Waals surface area contributed by atoms with Gasteiger partial charge in [-0.3, -0.25) is 0 Å². The van der Waals surface area contributed by atoms with Crippen molar-refractivity contribution in [3.8, 4) is 0 Å². The van der Waals surface area contributed by atoms with Crippen LogP contribution in [0.1, 0.15) is 45.1 Å². The minimum atomic E-state index is 0.685. The lowest BCUT2D eigenvalue weighted by Gasteiger charge is -2.28. The number of nitrogens with one attached hydrogen (secondary N) is 1. The molecule has 0 aliphatic heterocycles. The van der Waals surface area contributed by atoms with Crippen molar-refractivity contribution in [1.29, 1.82) is 0 Å². The highest BCUT2D eigenvalue weighted by Crippen LogP contribution is 2.49. The average Bonchev–Trinajstić information content (AvgIpc) is 3.11. The fourth-order valence-electron chi connectivity index (χ4n) is 4.13. The van der Waals surface area contributed by atoms with E-state index in [2.05, 4.69) is 42.2 Å². The largest absolute Gasteiger partial charge is 0.354 e. The molecular weight excluding hydrogens is 220 g/mol. The van der Waals surface area contributed by atoms with Gasteiger partial charge in [-0.05, 0) is 62.5 Å². The van der Waals surface area contributed by atoms with Crippen molar-refractivity contribution in [2.24, 2.45) is 17.8 Å². The van der Waals surface area contributed by atoms with E-state index in [0.717, 1.165) is 30.8 Å². The number of aryl methyl sites for hydroxylation is 1. The normalized spacial score (nSPS) is 32.0.